The molecule has 0 aromatic carbocycles. The molecule has 0 bridgehead atoms. The maximum atomic E-state index is 11.9. The molecule has 1 aromatic rings. The van der Waals surface area contributed by atoms with E-state index in [0.29, 0.717) is 13.0 Å². The summed E-state index contributed by atoms with van der Waals surface area (Å²) in [6.07, 6.45) is 8.16. The van der Waals surface area contributed by atoms with Gasteiger partial charge in [-0.05, 0) is 37.1 Å². The minimum atomic E-state index is -0.0539. The number of rotatable bonds is 7. The standard InChI is InChI=1S/C16H25NO2S/c18-13-16(9-2-1-3-10-16)12-17-15(19)8-4-6-14-7-5-11-20-14/h5,7,11,18H,1-4,6,8-10,12-13H2,(H,17,19). The van der Waals surface area contributed by atoms with Gasteiger partial charge in [-0.25, -0.2) is 0 Å². The van der Waals surface area contributed by atoms with Gasteiger partial charge in [-0.2, -0.15) is 0 Å². The van der Waals surface area contributed by atoms with Crippen LogP contribution in [0.5, 0.6) is 0 Å². The molecule has 1 fully saturated rings. The Bertz CT molecular complexity index is 397. The monoisotopic (exact) mass is 295 g/mol. The van der Waals surface area contributed by atoms with E-state index in [9.17, 15) is 9.90 Å². The van der Waals surface area contributed by atoms with Gasteiger partial charge in [0.1, 0.15) is 0 Å². The van der Waals surface area contributed by atoms with E-state index in [4.69, 9.17) is 0 Å². The molecule has 0 unspecified atom stereocenters. The quantitative estimate of drug-likeness (QED) is 0.812. The Morgan fingerprint density at radius 2 is 2.15 bits per heavy atom. The zero-order valence-corrected chi connectivity index (χ0v) is 12.9. The molecule has 20 heavy (non-hydrogen) atoms. The Morgan fingerprint density at radius 1 is 1.35 bits per heavy atom. The average molecular weight is 295 g/mol. The highest BCUT2D eigenvalue weighted by molar-refractivity contribution is 7.09. The van der Waals surface area contributed by atoms with Crippen LogP contribution in [-0.4, -0.2) is 24.2 Å². The van der Waals surface area contributed by atoms with Gasteiger partial charge in [0.2, 0.25) is 5.91 Å². The first-order valence-corrected chi connectivity index (χ1v) is 8.52. The van der Waals surface area contributed by atoms with Gasteiger partial charge in [-0.3, -0.25) is 4.79 Å². The van der Waals surface area contributed by atoms with Crippen molar-refractivity contribution < 1.29 is 9.90 Å². The fourth-order valence-corrected chi connectivity index (χ4v) is 3.70. The summed E-state index contributed by atoms with van der Waals surface area (Å²) < 4.78 is 0. The molecule has 1 aromatic heterocycles. The van der Waals surface area contributed by atoms with Crippen LogP contribution >= 0.6 is 11.3 Å². The SMILES string of the molecule is O=C(CCCc1cccs1)NCC1(CO)CCCCC1. The van der Waals surface area contributed by atoms with Gasteiger partial charge in [-0.1, -0.05) is 25.3 Å². The highest BCUT2D eigenvalue weighted by Gasteiger charge is 2.31. The number of hydrogen-bond acceptors (Lipinski definition) is 3. The summed E-state index contributed by atoms with van der Waals surface area (Å²) in [6.45, 7) is 0.837. The second-order valence-electron chi connectivity index (χ2n) is 5.93. The summed E-state index contributed by atoms with van der Waals surface area (Å²) in [4.78, 5) is 13.2. The van der Waals surface area contributed by atoms with Crippen molar-refractivity contribution in [1.82, 2.24) is 5.32 Å². The number of hydrogen-bond donors (Lipinski definition) is 2. The van der Waals surface area contributed by atoms with E-state index in [2.05, 4.69) is 16.8 Å². The maximum Gasteiger partial charge on any atom is 0.220 e. The van der Waals surface area contributed by atoms with Gasteiger partial charge >= 0.3 is 0 Å². The van der Waals surface area contributed by atoms with Gasteiger partial charge in [0, 0.05) is 23.3 Å². The number of carbonyl (C=O) groups excluding carboxylic acids is 1. The number of aliphatic hydroxyl groups excluding tert-OH is 1. The zero-order valence-electron chi connectivity index (χ0n) is 12.1. The summed E-state index contributed by atoms with van der Waals surface area (Å²) >= 11 is 1.75. The molecule has 0 saturated heterocycles. The second kappa shape index (κ2) is 7.79. The van der Waals surface area contributed by atoms with Crippen molar-refractivity contribution in [1.29, 1.82) is 0 Å². The average Bonchev–Trinajstić information content (AvgIpc) is 2.99. The molecular weight excluding hydrogens is 270 g/mol. The molecule has 1 amide bonds. The zero-order chi connectivity index (χ0) is 14.3. The van der Waals surface area contributed by atoms with E-state index < -0.39 is 0 Å². The van der Waals surface area contributed by atoms with Crippen LogP contribution in [0.4, 0.5) is 0 Å². The van der Waals surface area contributed by atoms with Gasteiger partial charge in [0.25, 0.3) is 0 Å². The van der Waals surface area contributed by atoms with Crippen molar-refractivity contribution in [2.24, 2.45) is 5.41 Å². The lowest BCUT2D eigenvalue weighted by Crippen LogP contribution is -2.41. The Labute approximate surface area is 125 Å². The molecule has 3 nitrogen and oxygen atoms in total. The highest BCUT2D eigenvalue weighted by atomic mass is 32.1. The van der Waals surface area contributed by atoms with E-state index in [1.165, 1.54) is 24.1 Å². The van der Waals surface area contributed by atoms with Gasteiger partial charge < -0.3 is 10.4 Å². The third-order valence-electron chi connectivity index (χ3n) is 4.32. The predicted octanol–water partition coefficient (Wildman–Crippen LogP) is 3.13. The Hall–Kier alpha value is -0.870. The lowest BCUT2D eigenvalue weighted by Gasteiger charge is -2.35. The van der Waals surface area contributed by atoms with Gasteiger partial charge in [-0.15, -0.1) is 11.3 Å². The molecule has 2 N–H and O–H groups in total. The summed E-state index contributed by atoms with van der Waals surface area (Å²) in [5.41, 5.74) is -0.0539. The van der Waals surface area contributed by atoms with Crippen molar-refractivity contribution in [3.05, 3.63) is 22.4 Å². The first-order valence-electron chi connectivity index (χ1n) is 7.64. The lowest BCUT2D eigenvalue weighted by atomic mass is 9.74. The molecule has 1 aliphatic carbocycles. The third-order valence-corrected chi connectivity index (χ3v) is 5.25. The van der Waals surface area contributed by atoms with Crippen molar-refractivity contribution in [2.45, 2.75) is 51.4 Å². The third kappa shape index (κ3) is 4.60. The molecule has 112 valence electrons. The van der Waals surface area contributed by atoms with Gasteiger partial charge in [0.05, 0.1) is 6.61 Å². The fourth-order valence-electron chi connectivity index (χ4n) is 2.95. The van der Waals surface area contributed by atoms with Crippen LogP contribution in [0.2, 0.25) is 0 Å². The highest BCUT2D eigenvalue weighted by Crippen LogP contribution is 2.35. The molecule has 0 radical (unpaired) electrons. The largest absolute Gasteiger partial charge is 0.396 e. The molecule has 1 heterocycles. The van der Waals surface area contributed by atoms with E-state index >= 15 is 0 Å². The number of thiophene rings is 1. The Morgan fingerprint density at radius 3 is 2.80 bits per heavy atom. The summed E-state index contributed by atoms with van der Waals surface area (Å²) in [5.74, 6) is 0.125. The van der Waals surface area contributed by atoms with Crippen molar-refractivity contribution in [3.63, 3.8) is 0 Å². The maximum absolute atomic E-state index is 11.9. The number of amides is 1. The number of carbonyl (C=O) groups is 1. The smallest absolute Gasteiger partial charge is 0.220 e. The minimum Gasteiger partial charge on any atom is -0.396 e. The van der Waals surface area contributed by atoms with Crippen LogP contribution in [0.3, 0.4) is 0 Å². The minimum absolute atomic E-state index is 0.0539. The molecule has 4 heteroatoms. The molecule has 2 rings (SSSR count). The first-order chi connectivity index (χ1) is 9.74. The van der Waals surface area contributed by atoms with E-state index in [-0.39, 0.29) is 17.9 Å². The Balaban J connectivity index is 1.66. The van der Waals surface area contributed by atoms with Crippen LogP contribution in [0.25, 0.3) is 0 Å². The number of aryl methyl sites for hydroxylation is 1. The molecule has 0 aliphatic heterocycles. The molecule has 1 saturated carbocycles. The van der Waals surface area contributed by atoms with Gasteiger partial charge in [0.15, 0.2) is 0 Å². The van der Waals surface area contributed by atoms with Crippen LogP contribution < -0.4 is 5.32 Å². The van der Waals surface area contributed by atoms with Crippen LogP contribution in [-0.2, 0) is 11.2 Å². The second-order valence-corrected chi connectivity index (χ2v) is 6.96. The normalized spacial score (nSPS) is 17.9. The van der Waals surface area contributed by atoms with Crippen molar-refractivity contribution in [2.75, 3.05) is 13.2 Å². The van der Waals surface area contributed by atoms with E-state index in [1.54, 1.807) is 11.3 Å². The van der Waals surface area contributed by atoms with E-state index in [0.717, 1.165) is 25.7 Å². The number of aliphatic hydroxyl groups is 1. The van der Waals surface area contributed by atoms with Crippen LogP contribution in [0, 0.1) is 5.41 Å². The molecule has 1 aliphatic rings. The lowest BCUT2D eigenvalue weighted by molar-refractivity contribution is -0.122. The predicted molar refractivity (Wildman–Crippen MR) is 82.9 cm³/mol. The van der Waals surface area contributed by atoms with Crippen LogP contribution in [0.15, 0.2) is 17.5 Å². The van der Waals surface area contributed by atoms with E-state index in [1.807, 2.05) is 6.07 Å². The van der Waals surface area contributed by atoms with Crippen molar-refractivity contribution >= 4 is 17.2 Å². The molecular formula is C16H25NO2S. The fraction of sp³-hybridized carbons (Fsp3) is 0.688. The molecule has 0 spiro atoms. The van der Waals surface area contributed by atoms with Crippen molar-refractivity contribution in [3.8, 4) is 0 Å². The summed E-state index contributed by atoms with van der Waals surface area (Å²) in [6, 6.07) is 4.17. The Kier molecular flexibility index (Phi) is 6.05. The van der Waals surface area contributed by atoms with Crippen LogP contribution in [0.1, 0.15) is 49.8 Å². The number of nitrogens with one attached hydrogen (secondary N) is 1. The summed E-state index contributed by atoms with van der Waals surface area (Å²) in [7, 11) is 0. The topological polar surface area (TPSA) is 49.3 Å². The first kappa shape index (κ1) is 15.5. The molecule has 0 atom stereocenters. The summed E-state index contributed by atoms with van der Waals surface area (Å²) in [5, 5.41) is 14.7.